The first-order valence-corrected chi connectivity index (χ1v) is 4.48. The van der Waals surface area contributed by atoms with E-state index in [9.17, 15) is 4.79 Å². The predicted octanol–water partition coefficient (Wildman–Crippen LogP) is -0.545. The van der Waals surface area contributed by atoms with Crippen LogP contribution in [0.2, 0.25) is 0 Å². The van der Waals surface area contributed by atoms with Crippen LogP contribution >= 0.6 is 0 Å². The third kappa shape index (κ3) is 4.10. The molecule has 1 saturated heterocycles. The van der Waals surface area contributed by atoms with Crippen molar-refractivity contribution >= 4 is 6.03 Å². The minimum absolute atomic E-state index is 0.119. The number of carbonyl (C=O) groups excluding carboxylic acids is 1. The fourth-order valence-electron chi connectivity index (χ4n) is 1.13. The summed E-state index contributed by atoms with van der Waals surface area (Å²) in [6.45, 7) is 3.20. The first-order chi connectivity index (χ1) is 6.18. The predicted molar refractivity (Wildman–Crippen MR) is 47.4 cm³/mol. The van der Waals surface area contributed by atoms with Crippen LogP contribution in [0.1, 0.15) is 13.3 Å². The molecule has 3 N–H and O–H groups in total. The van der Waals surface area contributed by atoms with Crippen LogP contribution in [-0.2, 0) is 4.74 Å². The number of aliphatic hydroxyl groups is 1. The summed E-state index contributed by atoms with van der Waals surface area (Å²) >= 11 is 0. The molecule has 0 spiro atoms. The molecular formula is C8H16N2O3. The number of ether oxygens (including phenoxy) is 1. The number of aliphatic hydroxyl groups excluding tert-OH is 1. The third-order valence-corrected chi connectivity index (χ3v) is 1.82. The number of rotatable bonds is 3. The highest BCUT2D eigenvalue weighted by atomic mass is 16.5. The second kappa shape index (κ2) is 5.04. The highest BCUT2D eigenvalue weighted by Crippen LogP contribution is 2.02. The van der Waals surface area contributed by atoms with Crippen molar-refractivity contribution in [3.63, 3.8) is 0 Å². The zero-order valence-electron chi connectivity index (χ0n) is 7.75. The van der Waals surface area contributed by atoms with E-state index >= 15 is 0 Å². The van der Waals surface area contributed by atoms with E-state index in [1.165, 1.54) is 0 Å². The number of amides is 2. The molecule has 2 amide bonds. The molecule has 0 aromatic carbocycles. The van der Waals surface area contributed by atoms with Crippen LogP contribution in [0, 0.1) is 0 Å². The first kappa shape index (κ1) is 10.3. The van der Waals surface area contributed by atoms with Gasteiger partial charge in [-0.15, -0.1) is 0 Å². The summed E-state index contributed by atoms with van der Waals surface area (Å²) in [4.78, 5) is 11.1. The number of hydrogen-bond donors (Lipinski definition) is 3. The van der Waals surface area contributed by atoms with E-state index in [0.29, 0.717) is 13.2 Å². The van der Waals surface area contributed by atoms with Gasteiger partial charge < -0.3 is 20.5 Å². The van der Waals surface area contributed by atoms with Gasteiger partial charge in [0.05, 0.1) is 18.8 Å². The van der Waals surface area contributed by atoms with Gasteiger partial charge in [0.25, 0.3) is 0 Å². The Morgan fingerprint density at radius 3 is 3.08 bits per heavy atom. The zero-order chi connectivity index (χ0) is 9.68. The van der Waals surface area contributed by atoms with Crippen LogP contribution in [0.4, 0.5) is 4.79 Å². The Balaban J connectivity index is 2.09. The van der Waals surface area contributed by atoms with Crippen LogP contribution in [0.3, 0.4) is 0 Å². The summed E-state index contributed by atoms with van der Waals surface area (Å²) < 4.78 is 5.09. The SMILES string of the molecule is C[C@H](O)CNC(=O)NC1CCOC1. The summed E-state index contributed by atoms with van der Waals surface area (Å²) in [5.41, 5.74) is 0. The van der Waals surface area contributed by atoms with Crippen LogP contribution in [0.15, 0.2) is 0 Å². The number of hydrogen-bond acceptors (Lipinski definition) is 3. The molecule has 1 heterocycles. The average Bonchev–Trinajstić information content (AvgIpc) is 2.53. The van der Waals surface area contributed by atoms with Crippen molar-refractivity contribution in [3.05, 3.63) is 0 Å². The molecule has 5 heteroatoms. The van der Waals surface area contributed by atoms with Gasteiger partial charge in [-0.1, -0.05) is 0 Å². The third-order valence-electron chi connectivity index (χ3n) is 1.82. The lowest BCUT2D eigenvalue weighted by Gasteiger charge is -2.12. The maximum absolute atomic E-state index is 11.1. The number of urea groups is 1. The van der Waals surface area contributed by atoms with Gasteiger partial charge in [0.1, 0.15) is 0 Å². The monoisotopic (exact) mass is 188 g/mol. The molecule has 1 aliphatic heterocycles. The Kier molecular flexibility index (Phi) is 3.98. The largest absolute Gasteiger partial charge is 0.392 e. The second-order valence-electron chi connectivity index (χ2n) is 3.26. The topological polar surface area (TPSA) is 70.6 Å². The van der Waals surface area contributed by atoms with Gasteiger partial charge in [0.2, 0.25) is 0 Å². The van der Waals surface area contributed by atoms with Crippen molar-refractivity contribution in [2.24, 2.45) is 0 Å². The minimum Gasteiger partial charge on any atom is -0.392 e. The molecular weight excluding hydrogens is 172 g/mol. The summed E-state index contributed by atoms with van der Waals surface area (Å²) in [5.74, 6) is 0. The van der Waals surface area contributed by atoms with Gasteiger partial charge in [-0.2, -0.15) is 0 Å². The number of carbonyl (C=O) groups is 1. The van der Waals surface area contributed by atoms with Gasteiger partial charge >= 0.3 is 6.03 Å². The van der Waals surface area contributed by atoms with Crippen molar-refractivity contribution in [1.29, 1.82) is 0 Å². The van der Waals surface area contributed by atoms with Crippen LogP contribution in [0.25, 0.3) is 0 Å². The maximum Gasteiger partial charge on any atom is 0.315 e. The highest BCUT2D eigenvalue weighted by molar-refractivity contribution is 5.74. The zero-order valence-corrected chi connectivity index (χ0v) is 7.75. The fraction of sp³-hybridized carbons (Fsp3) is 0.875. The average molecular weight is 188 g/mol. The van der Waals surface area contributed by atoms with Crippen LogP contribution in [0.5, 0.6) is 0 Å². The lowest BCUT2D eigenvalue weighted by atomic mass is 10.3. The Hall–Kier alpha value is -0.810. The van der Waals surface area contributed by atoms with E-state index in [-0.39, 0.29) is 18.6 Å². The molecule has 13 heavy (non-hydrogen) atoms. The Morgan fingerprint density at radius 2 is 2.54 bits per heavy atom. The Labute approximate surface area is 77.5 Å². The van der Waals surface area contributed by atoms with E-state index in [2.05, 4.69) is 10.6 Å². The minimum atomic E-state index is -0.509. The van der Waals surface area contributed by atoms with Crippen molar-refractivity contribution in [2.75, 3.05) is 19.8 Å². The second-order valence-corrected chi connectivity index (χ2v) is 3.26. The van der Waals surface area contributed by atoms with E-state index in [1.807, 2.05) is 0 Å². The van der Waals surface area contributed by atoms with Gasteiger partial charge in [-0.3, -0.25) is 0 Å². The van der Waals surface area contributed by atoms with Crippen LogP contribution in [-0.4, -0.2) is 43.0 Å². The fourth-order valence-corrected chi connectivity index (χ4v) is 1.13. The standard InChI is InChI=1S/C8H16N2O3/c1-6(11)4-9-8(12)10-7-2-3-13-5-7/h6-7,11H,2-5H2,1H3,(H2,9,10,12)/t6-,7?/m0/s1. The summed E-state index contributed by atoms with van der Waals surface area (Å²) in [7, 11) is 0. The molecule has 0 bridgehead atoms. The maximum atomic E-state index is 11.1. The molecule has 0 aromatic heterocycles. The smallest absolute Gasteiger partial charge is 0.315 e. The Bertz CT molecular complexity index is 167. The highest BCUT2D eigenvalue weighted by Gasteiger charge is 2.17. The van der Waals surface area contributed by atoms with E-state index in [0.717, 1.165) is 6.42 Å². The Morgan fingerprint density at radius 1 is 1.77 bits per heavy atom. The van der Waals surface area contributed by atoms with Gasteiger partial charge in [-0.05, 0) is 13.3 Å². The quantitative estimate of drug-likeness (QED) is 0.557. The molecule has 76 valence electrons. The number of nitrogens with one attached hydrogen (secondary N) is 2. The summed E-state index contributed by atoms with van der Waals surface area (Å²) in [6, 6.07) is -0.120. The summed E-state index contributed by atoms with van der Waals surface area (Å²) in [5, 5.41) is 14.2. The van der Waals surface area contributed by atoms with Crippen molar-refractivity contribution in [2.45, 2.75) is 25.5 Å². The molecule has 1 aliphatic rings. The normalized spacial score (nSPS) is 24.0. The molecule has 1 rings (SSSR count). The molecule has 1 fully saturated rings. The van der Waals surface area contributed by atoms with E-state index < -0.39 is 6.10 Å². The van der Waals surface area contributed by atoms with E-state index in [4.69, 9.17) is 9.84 Å². The molecule has 0 aromatic rings. The van der Waals surface area contributed by atoms with Crippen molar-refractivity contribution < 1.29 is 14.6 Å². The molecule has 1 unspecified atom stereocenters. The van der Waals surface area contributed by atoms with Crippen LogP contribution < -0.4 is 10.6 Å². The van der Waals surface area contributed by atoms with Gasteiger partial charge in [0.15, 0.2) is 0 Å². The molecule has 0 radical (unpaired) electrons. The molecule has 2 atom stereocenters. The molecule has 0 saturated carbocycles. The van der Waals surface area contributed by atoms with Crippen molar-refractivity contribution in [3.8, 4) is 0 Å². The lowest BCUT2D eigenvalue weighted by Crippen LogP contribution is -2.44. The molecule has 0 aliphatic carbocycles. The van der Waals surface area contributed by atoms with E-state index in [1.54, 1.807) is 6.92 Å². The molecule has 5 nitrogen and oxygen atoms in total. The van der Waals surface area contributed by atoms with Gasteiger partial charge in [-0.25, -0.2) is 4.79 Å². The van der Waals surface area contributed by atoms with Gasteiger partial charge in [0, 0.05) is 13.2 Å². The lowest BCUT2D eigenvalue weighted by molar-refractivity contribution is 0.181. The summed E-state index contributed by atoms with van der Waals surface area (Å²) in [6.07, 6.45) is 0.354. The first-order valence-electron chi connectivity index (χ1n) is 4.48. The van der Waals surface area contributed by atoms with Crippen molar-refractivity contribution in [1.82, 2.24) is 10.6 Å².